The number of morpholine rings is 1. The minimum absolute atomic E-state index is 0.0189. The summed E-state index contributed by atoms with van der Waals surface area (Å²) in [6.45, 7) is 9.32. The molecule has 2 unspecified atom stereocenters. The van der Waals surface area contributed by atoms with Crippen molar-refractivity contribution in [2.45, 2.75) is 39.4 Å². The average Bonchev–Trinajstić information content (AvgIpc) is 2.50. The maximum atomic E-state index is 11.4. The van der Waals surface area contributed by atoms with Crippen LogP contribution in [0.15, 0.2) is 18.2 Å². The molecule has 0 N–H and O–H groups in total. The summed E-state index contributed by atoms with van der Waals surface area (Å²) in [6, 6.07) is 5.29. The monoisotopic (exact) mass is 321 g/mol. The quantitative estimate of drug-likeness (QED) is 0.571. The zero-order chi connectivity index (χ0) is 16.8. The summed E-state index contributed by atoms with van der Waals surface area (Å²) in [5.74, 6) is 1.30. The van der Waals surface area contributed by atoms with E-state index in [1.54, 1.807) is 32.2 Å². The van der Waals surface area contributed by atoms with Crippen LogP contribution in [0.3, 0.4) is 0 Å². The van der Waals surface area contributed by atoms with Gasteiger partial charge in [0.2, 0.25) is 0 Å². The van der Waals surface area contributed by atoms with E-state index in [0.717, 1.165) is 26.1 Å². The van der Waals surface area contributed by atoms with Crippen LogP contribution in [0.4, 0.5) is 0 Å². The second-order valence-corrected chi connectivity index (χ2v) is 6.14. The first-order valence-electron chi connectivity index (χ1n) is 8.19. The van der Waals surface area contributed by atoms with E-state index in [2.05, 4.69) is 18.7 Å². The number of benzene rings is 1. The number of carbonyl (C=O) groups excluding carboxylic acids is 1. The third-order valence-corrected chi connectivity index (χ3v) is 3.94. The van der Waals surface area contributed by atoms with E-state index in [4.69, 9.17) is 14.2 Å². The van der Waals surface area contributed by atoms with E-state index >= 15 is 0 Å². The lowest BCUT2D eigenvalue weighted by Gasteiger charge is -2.35. The molecule has 0 spiro atoms. The lowest BCUT2D eigenvalue weighted by atomic mass is 10.1. The zero-order valence-corrected chi connectivity index (χ0v) is 14.5. The van der Waals surface area contributed by atoms with Gasteiger partial charge in [0.1, 0.15) is 0 Å². The van der Waals surface area contributed by atoms with Crippen LogP contribution in [0.25, 0.3) is 0 Å². The zero-order valence-electron chi connectivity index (χ0n) is 14.5. The highest BCUT2D eigenvalue weighted by Crippen LogP contribution is 2.28. The number of ketones is 1. The molecule has 1 aromatic carbocycles. The van der Waals surface area contributed by atoms with Crippen molar-refractivity contribution in [3.05, 3.63) is 23.8 Å². The molecule has 1 aliphatic rings. The molecular weight excluding hydrogens is 294 g/mol. The van der Waals surface area contributed by atoms with Crippen molar-refractivity contribution in [1.29, 1.82) is 0 Å². The third kappa shape index (κ3) is 5.22. The fourth-order valence-electron chi connectivity index (χ4n) is 2.94. The van der Waals surface area contributed by atoms with Gasteiger partial charge in [-0.1, -0.05) is 0 Å². The fourth-order valence-corrected chi connectivity index (χ4v) is 2.94. The highest BCUT2D eigenvalue weighted by atomic mass is 16.5. The second-order valence-electron chi connectivity index (χ2n) is 6.14. The molecule has 5 heteroatoms. The first-order chi connectivity index (χ1) is 11.0. The van der Waals surface area contributed by atoms with Crippen LogP contribution in [0.2, 0.25) is 0 Å². The van der Waals surface area contributed by atoms with Gasteiger partial charge in [0.25, 0.3) is 0 Å². The summed E-state index contributed by atoms with van der Waals surface area (Å²) in [7, 11) is 1.59. The molecule has 2 atom stereocenters. The van der Waals surface area contributed by atoms with E-state index in [1.807, 2.05) is 0 Å². The molecule has 0 saturated carbocycles. The molecule has 1 saturated heterocycles. The summed E-state index contributed by atoms with van der Waals surface area (Å²) in [5.41, 5.74) is 0.630. The molecule has 128 valence electrons. The summed E-state index contributed by atoms with van der Waals surface area (Å²) in [5, 5.41) is 0. The Bertz CT molecular complexity index is 522. The van der Waals surface area contributed by atoms with Crippen LogP contribution in [-0.4, -0.2) is 56.2 Å². The van der Waals surface area contributed by atoms with Gasteiger partial charge >= 0.3 is 0 Å². The summed E-state index contributed by atoms with van der Waals surface area (Å²) in [4.78, 5) is 13.8. The van der Waals surface area contributed by atoms with E-state index in [1.165, 1.54) is 0 Å². The van der Waals surface area contributed by atoms with Crippen LogP contribution in [0, 0.1) is 0 Å². The molecule has 0 bridgehead atoms. The first-order valence-corrected chi connectivity index (χ1v) is 8.19. The van der Waals surface area contributed by atoms with Gasteiger partial charge in [0.05, 0.1) is 25.9 Å². The van der Waals surface area contributed by atoms with E-state index in [0.29, 0.717) is 35.9 Å². The Morgan fingerprint density at radius 2 is 1.96 bits per heavy atom. The van der Waals surface area contributed by atoms with Gasteiger partial charge in [-0.2, -0.15) is 0 Å². The molecule has 0 radical (unpaired) electrons. The number of Topliss-reactive ketones (excluding diaryl/α,β-unsaturated/α-hetero) is 1. The van der Waals surface area contributed by atoms with Crippen molar-refractivity contribution < 1.29 is 19.0 Å². The van der Waals surface area contributed by atoms with Crippen molar-refractivity contribution in [3.63, 3.8) is 0 Å². The van der Waals surface area contributed by atoms with E-state index in [-0.39, 0.29) is 5.78 Å². The van der Waals surface area contributed by atoms with Gasteiger partial charge < -0.3 is 14.2 Å². The minimum atomic E-state index is 0.0189. The number of methoxy groups -OCH3 is 1. The summed E-state index contributed by atoms with van der Waals surface area (Å²) >= 11 is 0. The largest absolute Gasteiger partial charge is 0.493 e. The van der Waals surface area contributed by atoms with Crippen LogP contribution < -0.4 is 9.47 Å². The molecule has 5 nitrogen and oxygen atoms in total. The number of carbonyl (C=O) groups is 1. The summed E-state index contributed by atoms with van der Waals surface area (Å²) in [6.07, 6.45) is 1.52. The van der Waals surface area contributed by atoms with Gasteiger partial charge in [0.15, 0.2) is 17.3 Å². The SMILES string of the molecule is COc1cc(C(C)=O)ccc1OCCCN1CC(C)OC(C)C1. The predicted molar refractivity (Wildman–Crippen MR) is 89.6 cm³/mol. The molecule has 2 rings (SSSR count). The standard InChI is InChI=1S/C18H27NO4/c1-13-11-19(12-14(2)23-13)8-5-9-22-17-7-6-16(15(3)20)10-18(17)21-4/h6-7,10,13-14H,5,8-9,11-12H2,1-4H3. The molecule has 1 heterocycles. The Labute approximate surface area is 138 Å². The van der Waals surface area contributed by atoms with E-state index in [9.17, 15) is 4.79 Å². The number of ether oxygens (including phenoxy) is 3. The van der Waals surface area contributed by atoms with Gasteiger partial charge in [-0.05, 0) is 45.4 Å². The molecule has 0 aromatic heterocycles. The Kier molecular flexibility index (Phi) is 6.42. The Hall–Kier alpha value is -1.59. The highest BCUT2D eigenvalue weighted by Gasteiger charge is 2.21. The maximum Gasteiger partial charge on any atom is 0.161 e. The lowest BCUT2D eigenvalue weighted by Crippen LogP contribution is -2.45. The van der Waals surface area contributed by atoms with Crippen LogP contribution >= 0.6 is 0 Å². The van der Waals surface area contributed by atoms with Crippen LogP contribution in [0.5, 0.6) is 11.5 Å². The van der Waals surface area contributed by atoms with E-state index < -0.39 is 0 Å². The van der Waals surface area contributed by atoms with Crippen molar-refractivity contribution in [1.82, 2.24) is 4.90 Å². The molecule has 1 aromatic rings. The van der Waals surface area contributed by atoms with Gasteiger partial charge in [-0.3, -0.25) is 9.69 Å². The normalized spacial score (nSPS) is 21.9. The molecule has 0 amide bonds. The third-order valence-electron chi connectivity index (χ3n) is 3.94. The highest BCUT2D eigenvalue weighted by molar-refractivity contribution is 5.94. The van der Waals surface area contributed by atoms with Gasteiger partial charge in [-0.15, -0.1) is 0 Å². The van der Waals surface area contributed by atoms with Crippen molar-refractivity contribution in [3.8, 4) is 11.5 Å². The lowest BCUT2D eigenvalue weighted by molar-refractivity contribution is -0.0686. The number of hydrogen-bond donors (Lipinski definition) is 0. The van der Waals surface area contributed by atoms with Crippen LogP contribution in [-0.2, 0) is 4.74 Å². The molecule has 23 heavy (non-hydrogen) atoms. The fraction of sp³-hybridized carbons (Fsp3) is 0.611. The maximum absolute atomic E-state index is 11.4. The molecule has 1 aliphatic heterocycles. The Balaban J connectivity index is 1.81. The van der Waals surface area contributed by atoms with Crippen molar-refractivity contribution in [2.24, 2.45) is 0 Å². The average molecular weight is 321 g/mol. The molecule has 0 aliphatic carbocycles. The number of rotatable bonds is 7. The minimum Gasteiger partial charge on any atom is -0.493 e. The molecule has 1 fully saturated rings. The topological polar surface area (TPSA) is 48.0 Å². The number of hydrogen-bond acceptors (Lipinski definition) is 5. The predicted octanol–water partition coefficient (Wildman–Crippen LogP) is 2.78. The Morgan fingerprint density at radius 1 is 1.26 bits per heavy atom. The second kappa shape index (κ2) is 8.31. The van der Waals surface area contributed by atoms with Crippen molar-refractivity contribution in [2.75, 3.05) is 33.4 Å². The number of nitrogens with zero attached hydrogens (tertiary/aromatic N) is 1. The van der Waals surface area contributed by atoms with Gasteiger partial charge in [-0.25, -0.2) is 0 Å². The first kappa shape index (κ1) is 17.8. The van der Waals surface area contributed by atoms with Gasteiger partial charge in [0, 0.05) is 25.2 Å². The Morgan fingerprint density at radius 3 is 2.57 bits per heavy atom. The smallest absolute Gasteiger partial charge is 0.161 e. The van der Waals surface area contributed by atoms with Crippen molar-refractivity contribution >= 4 is 5.78 Å². The summed E-state index contributed by atoms with van der Waals surface area (Å²) < 4.78 is 16.9. The molecular formula is C18H27NO4. The van der Waals surface area contributed by atoms with Crippen LogP contribution in [0.1, 0.15) is 37.6 Å².